The van der Waals surface area contributed by atoms with Crippen molar-refractivity contribution in [1.82, 2.24) is 14.9 Å². The van der Waals surface area contributed by atoms with E-state index < -0.39 is 0 Å². The highest BCUT2D eigenvalue weighted by molar-refractivity contribution is 5.56. The van der Waals surface area contributed by atoms with E-state index in [9.17, 15) is 5.11 Å². The normalized spacial score (nSPS) is 39.8. The van der Waals surface area contributed by atoms with Gasteiger partial charge in [0.2, 0.25) is 5.95 Å². The number of piperidine rings is 1. The van der Waals surface area contributed by atoms with Gasteiger partial charge in [0.05, 0.1) is 0 Å². The van der Waals surface area contributed by atoms with Gasteiger partial charge < -0.3 is 10.0 Å². The fourth-order valence-corrected chi connectivity index (χ4v) is 10.1. The smallest absolute Gasteiger partial charge is 0.226 e. The Hall–Kier alpha value is -2.14. The number of aryl methyl sites for hydroxylation is 2. The number of aromatic nitrogens is 2. The molecular weight excluding hydrogens is 420 g/mol. The molecule has 2 saturated heterocycles. The summed E-state index contributed by atoms with van der Waals surface area (Å²) in [5, 5.41) is 11.4. The zero-order valence-corrected chi connectivity index (χ0v) is 20.5. The zero-order valence-electron chi connectivity index (χ0n) is 20.5. The number of phenolic OH excluding ortho intramolecular Hbond substituents is 1. The van der Waals surface area contributed by atoms with E-state index >= 15 is 0 Å². The minimum atomic E-state index is 0.109. The Labute approximate surface area is 202 Å². The molecular formula is C29H36N4O. The van der Waals surface area contributed by atoms with Crippen molar-refractivity contribution in [3.05, 3.63) is 46.8 Å². The van der Waals surface area contributed by atoms with E-state index in [0.29, 0.717) is 35.1 Å². The van der Waals surface area contributed by atoms with Crippen LogP contribution in [-0.2, 0) is 11.8 Å². The molecule has 2 aliphatic heterocycles. The molecule has 3 saturated carbocycles. The molecule has 0 amide bonds. The lowest BCUT2D eigenvalue weighted by atomic mass is 9.43. The standard InChI is InChI=1S/C29H36N4O/c1-17-12-18(2)31-27(30-17)33-16-21-14-28-9-8-22(33)25(21)29(28)10-11-32(15-19-6-7-19)24(28)13-20-4-3-5-23(34)26(20)29/h3-5,12,19,21-22,24-25,34H,6-11,13-16H2,1-2H3/t21-,22?,24?,25?,28?,29?/m1/s1. The SMILES string of the molecule is Cc1cc(C)nc(N2C[C@H]3CC45CCC2C3C42CCN(CC3CC3)C5Cc3cccc(O)c32)n1. The maximum atomic E-state index is 11.4. The van der Waals surface area contributed by atoms with E-state index in [2.05, 4.69) is 41.8 Å². The van der Waals surface area contributed by atoms with Gasteiger partial charge in [-0.15, -0.1) is 0 Å². The zero-order chi connectivity index (χ0) is 22.8. The first kappa shape index (κ1) is 20.1. The van der Waals surface area contributed by atoms with Gasteiger partial charge in [0, 0.05) is 47.5 Å². The molecule has 4 bridgehead atoms. The third-order valence-electron chi connectivity index (χ3n) is 11.0. The van der Waals surface area contributed by atoms with E-state index in [1.165, 1.54) is 62.7 Å². The van der Waals surface area contributed by atoms with Crippen LogP contribution in [0.5, 0.6) is 5.75 Å². The van der Waals surface area contributed by atoms with Gasteiger partial charge in [-0.1, -0.05) is 12.1 Å². The molecule has 1 aromatic carbocycles. The third kappa shape index (κ3) is 2.35. The number of phenols is 1. The Morgan fingerprint density at radius 2 is 1.91 bits per heavy atom. The molecule has 178 valence electrons. The van der Waals surface area contributed by atoms with Crippen LogP contribution in [0, 0.1) is 37.0 Å². The van der Waals surface area contributed by atoms with Crippen molar-refractivity contribution < 1.29 is 5.11 Å². The topological polar surface area (TPSA) is 52.5 Å². The highest BCUT2D eigenvalue weighted by atomic mass is 16.3. The van der Waals surface area contributed by atoms with E-state index in [0.717, 1.165) is 36.2 Å². The molecule has 5 unspecified atom stereocenters. The second-order valence-electron chi connectivity index (χ2n) is 12.5. The Kier molecular flexibility index (Phi) is 3.87. The highest BCUT2D eigenvalue weighted by Crippen LogP contribution is 2.76. The van der Waals surface area contributed by atoms with Crippen LogP contribution < -0.4 is 4.90 Å². The van der Waals surface area contributed by atoms with Crippen LogP contribution in [0.3, 0.4) is 0 Å². The lowest BCUT2D eigenvalue weighted by Gasteiger charge is -2.66. The third-order valence-corrected chi connectivity index (χ3v) is 11.0. The highest BCUT2D eigenvalue weighted by Gasteiger charge is 2.76. The summed E-state index contributed by atoms with van der Waals surface area (Å²) in [6, 6.07) is 9.60. The summed E-state index contributed by atoms with van der Waals surface area (Å²) in [4.78, 5) is 15.3. The molecule has 1 aromatic heterocycles. The van der Waals surface area contributed by atoms with Gasteiger partial charge in [-0.2, -0.15) is 0 Å². The van der Waals surface area contributed by atoms with Crippen LogP contribution in [0.2, 0.25) is 0 Å². The number of nitrogens with zero attached hydrogens (tertiary/aromatic N) is 4. The van der Waals surface area contributed by atoms with E-state index in [1.54, 1.807) is 0 Å². The minimum Gasteiger partial charge on any atom is -0.508 e. The number of hydrogen-bond donors (Lipinski definition) is 1. The number of hydrogen-bond acceptors (Lipinski definition) is 5. The van der Waals surface area contributed by atoms with Crippen LogP contribution in [0.25, 0.3) is 0 Å². The van der Waals surface area contributed by atoms with E-state index in [-0.39, 0.29) is 5.41 Å². The lowest BCUT2D eigenvalue weighted by molar-refractivity contribution is -0.0929. The maximum Gasteiger partial charge on any atom is 0.226 e. The second-order valence-corrected chi connectivity index (χ2v) is 12.5. The Balaban J connectivity index is 1.29. The van der Waals surface area contributed by atoms with Crippen LogP contribution in [0.15, 0.2) is 24.3 Å². The number of likely N-dealkylation sites (tertiary alicyclic amines) is 1. The Morgan fingerprint density at radius 3 is 2.71 bits per heavy atom. The van der Waals surface area contributed by atoms with Crippen molar-refractivity contribution in [3.63, 3.8) is 0 Å². The lowest BCUT2D eigenvalue weighted by Crippen LogP contribution is -2.69. The summed E-state index contributed by atoms with van der Waals surface area (Å²) in [6.45, 7) is 7.77. The quantitative estimate of drug-likeness (QED) is 0.743. The van der Waals surface area contributed by atoms with Crippen molar-refractivity contribution in [2.24, 2.45) is 23.2 Å². The predicted octanol–water partition coefficient (Wildman–Crippen LogP) is 4.38. The summed E-state index contributed by atoms with van der Waals surface area (Å²) in [5.41, 5.74) is 5.35. The minimum absolute atomic E-state index is 0.109. The van der Waals surface area contributed by atoms with Crippen LogP contribution in [0.4, 0.5) is 5.95 Å². The Bertz CT molecular complexity index is 1170. The average Bonchev–Trinajstić information content (AvgIpc) is 3.48. The molecule has 5 heteroatoms. The maximum absolute atomic E-state index is 11.4. The summed E-state index contributed by atoms with van der Waals surface area (Å²) < 4.78 is 0. The molecule has 0 spiro atoms. The van der Waals surface area contributed by atoms with Crippen LogP contribution in [0.1, 0.15) is 61.0 Å². The molecule has 6 atom stereocenters. The van der Waals surface area contributed by atoms with Gasteiger partial charge in [-0.05, 0) is 106 Å². The van der Waals surface area contributed by atoms with Crippen molar-refractivity contribution in [2.75, 3.05) is 24.5 Å². The van der Waals surface area contributed by atoms with Gasteiger partial charge in [0.15, 0.2) is 0 Å². The molecule has 6 aliphatic rings. The monoisotopic (exact) mass is 456 g/mol. The second kappa shape index (κ2) is 6.54. The van der Waals surface area contributed by atoms with E-state index in [4.69, 9.17) is 9.97 Å². The fraction of sp³-hybridized carbons (Fsp3) is 0.655. The fourth-order valence-electron chi connectivity index (χ4n) is 10.1. The van der Waals surface area contributed by atoms with Crippen molar-refractivity contribution >= 4 is 5.95 Å². The first-order chi connectivity index (χ1) is 16.5. The molecule has 3 heterocycles. The first-order valence-electron chi connectivity index (χ1n) is 13.6. The summed E-state index contributed by atoms with van der Waals surface area (Å²) in [5.74, 6) is 3.72. The van der Waals surface area contributed by atoms with Gasteiger partial charge in [-0.25, -0.2) is 9.97 Å². The largest absolute Gasteiger partial charge is 0.508 e. The Morgan fingerprint density at radius 1 is 1.09 bits per heavy atom. The van der Waals surface area contributed by atoms with Crippen LogP contribution in [-0.4, -0.2) is 51.7 Å². The van der Waals surface area contributed by atoms with Gasteiger partial charge in [0.25, 0.3) is 0 Å². The predicted molar refractivity (Wildman–Crippen MR) is 132 cm³/mol. The number of fused-ring (bicyclic) bond motifs is 1. The van der Waals surface area contributed by atoms with E-state index in [1.807, 2.05) is 6.07 Å². The van der Waals surface area contributed by atoms with Crippen molar-refractivity contribution in [2.45, 2.75) is 76.3 Å². The van der Waals surface area contributed by atoms with Crippen LogP contribution >= 0.6 is 0 Å². The molecule has 5 nitrogen and oxygen atoms in total. The molecule has 8 rings (SSSR count). The molecule has 2 aromatic rings. The molecule has 1 N–H and O–H groups in total. The first-order valence-corrected chi connectivity index (χ1v) is 13.6. The number of rotatable bonds is 3. The van der Waals surface area contributed by atoms with Gasteiger partial charge in [-0.3, -0.25) is 4.90 Å². The molecule has 5 fully saturated rings. The summed E-state index contributed by atoms with van der Waals surface area (Å²) in [6.07, 6.45) is 9.04. The number of benzene rings is 1. The van der Waals surface area contributed by atoms with Crippen molar-refractivity contribution in [1.29, 1.82) is 0 Å². The van der Waals surface area contributed by atoms with Crippen molar-refractivity contribution in [3.8, 4) is 5.75 Å². The molecule has 4 aliphatic carbocycles. The number of anilines is 1. The molecule has 34 heavy (non-hydrogen) atoms. The summed E-state index contributed by atoms with van der Waals surface area (Å²) in [7, 11) is 0. The average molecular weight is 457 g/mol. The summed E-state index contributed by atoms with van der Waals surface area (Å²) >= 11 is 0. The van der Waals surface area contributed by atoms with Gasteiger partial charge in [0.1, 0.15) is 5.75 Å². The molecule has 0 radical (unpaired) electrons. The number of aromatic hydroxyl groups is 1. The van der Waals surface area contributed by atoms with Gasteiger partial charge >= 0.3 is 0 Å².